The largest absolute Gasteiger partial charge is 0.236 e. The smallest absolute Gasteiger partial charge is 0.0929 e. The molecular weight excluding hydrogens is 176 g/mol. The van der Waals surface area contributed by atoms with Crippen molar-refractivity contribution in [2.45, 2.75) is 71.8 Å². The van der Waals surface area contributed by atoms with Crippen LogP contribution in [0.25, 0.3) is 0 Å². The molecule has 0 aliphatic heterocycles. The van der Waals surface area contributed by atoms with Gasteiger partial charge in [-0.25, -0.2) is 9.78 Å². The monoisotopic (exact) mass is 202 g/mol. The molecule has 0 amide bonds. The molecule has 86 valence electrons. The first-order valence-electron chi connectivity index (χ1n) is 6.13. The molecule has 0 spiro atoms. The van der Waals surface area contributed by atoms with Crippen LogP contribution in [0.2, 0.25) is 0 Å². The molecule has 0 saturated carbocycles. The van der Waals surface area contributed by atoms with Crippen molar-refractivity contribution in [2.24, 2.45) is 0 Å². The summed E-state index contributed by atoms with van der Waals surface area (Å²) in [5.41, 5.74) is 0. The second-order valence-corrected chi connectivity index (χ2v) is 3.82. The molecule has 0 radical (unpaired) electrons. The van der Waals surface area contributed by atoms with E-state index in [0.29, 0.717) is 6.10 Å². The zero-order chi connectivity index (χ0) is 10.6. The number of hydrogen-bond acceptors (Lipinski definition) is 2. The number of rotatable bonds is 10. The summed E-state index contributed by atoms with van der Waals surface area (Å²) >= 11 is 0. The Balaban J connectivity index is 3.40. The second kappa shape index (κ2) is 11.0. The fourth-order valence-electron chi connectivity index (χ4n) is 1.34. The minimum Gasteiger partial charge on any atom is -0.236 e. The number of hydrogen-bond donors (Lipinski definition) is 0. The molecule has 0 N–H and O–H groups in total. The van der Waals surface area contributed by atoms with Gasteiger partial charge in [-0.3, -0.25) is 0 Å². The summed E-state index contributed by atoms with van der Waals surface area (Å²) in [5.74, 6) is 0. The van der Waals surface area contributed by atoms with Crippen molar-refractivity contribution in [1.29, 1.82) is 0 Å². The molecule has 0 aromatic heterocycles. The van der Waals surface area contributed by atoms with Crippen LogP contribution >= 0.6 is 0 Å². The van der Waals surface area contributed by atoms with E-state index in [2.05, 4.69) is 20.8 Å². The maximum absolute atomic E-state index is 5.39. The summed E-state index contributed by atoms with van der Waals surface area (Å²) in [5, 5.41) is 0. The Labute approximate surface area is 88.9 Å². The third-order valence-electron chi connectivity index (χ3n) is 2.28. The van der Waals surface area contributed by atoms with E-state index >= 15 is 0 Å². The lowest BCUT2D eigenvalue weighted by atomic mass is 10.1. The Morgan fingerprint density at radius 3 is 2.14 bits per heavy atom. The topological polar surface area (TPSA) is 18.5 Å². The third-order valence-corrected chi connectivity index (χ3v) is 2.28. The van der Waals surface area contributed by atoms with Crippen LogP contribution in [0.1, 0.15) is 65.7 Å². The summed E-state index contributed by atoms with van der Waals surface area (Å²) in [4.78, 5) is 10.6. The van der Waals surface area contributed by atoms with E-state index in [1.807, 2.05) is 0 Å². The lowest BCUT2D eigenvalue weighted by molar-refractivity contribution is -0.326. The molecule has 0 fully saturated rings. The predicted octanol–water partition coefficient (Wildman–Crippen LogP) is 4.09. The Bertz CT molecular complexity index is 104. The normalized spacial score (nSPS) is 13.1. The van der Waals surface area contributed by atoms with Gasteiger partial charge in [-0.05, 0) is 19.3 Å². The third kappa shape index (κ3) is 8.52. The predicted molar refractivity (Wildman–Crippen MR) is 60.2 cm³/mol. The van der Waals surface area contributed by atoms with Crippen LogP contribution in [0.5, 0.6) is 0 Å². The van der Waals surface area contributed by atoms with Crippen molar-refractivity contribution >= 4 is 0 Å². The van der Waals surface area contributed by atoms with Gasteiger partial charge in [0.2, 0.25) is 0 Å². The lowest BCUT2D eigenvalue weighted by Gasteiger charge is -2.15. The summed E-state index contributed by atoms with van der Waals surface area (Å²) in [7, 11) is 0. The van der Waals surface area contributed by atoms with E-state index in [-0.39, 0.29) is 0 Å². The highest BCUT2D eigenvalue weighted by Gasteiger charge is 2.08. The average Bonchev–Trinajstić information content (AvgIpc) is 2.20. The highest BCUT2D eigenvalue weighted by Crippen LogP contribution is 2.11. The van der Waals surface area contributed by atoms with Crippen LogP contribution in [-0.4, -0.2) is 12.7 Å². The van der Waals surface area contributed by atoms with Crippen LogP contribution in [0, 0.1) is 0 Å². The average molecular weight is 202 g/mol. The highest BCUT2D eigenvalue weighted by atomic mass is 17.2. The Kier molecular flexibility index (Phi) is 10.9. The van der Waals surface area contributed by atoms with Gasteiger partial charge in [0.15, 0.2) is 0 Å². The quantitative estimate of drug-likeness (QED) is 0.302. The SMILES string of the molecule is CCCCOOC(CCC)CCCC. The van der Waals surface area contributed by atoms with Gasteiger partial charge in [0, 0.05) is 0 Å². The maximum atomic E-state index is 5.39. The molecule has 14 heavy (non-hydrogen) atoms. The van der Waals surface area contributed by atoms with Crippen LogP contribution in [0.4, 0.5) is 0 Å². The minimum atomic E-state index is 0.316. The molecule has 0 heterocycles. The van der Waals surface area contributed by atoms with Gasteiger partial charge in [0.25, 0.3) is 0 Å². The fraction of sp³-hybridized carbons (Fsp3) is 1.00. The van der Waals surface area contributed by atoms with Gasteiger partial charge in [-0.2, -0.15) is 0 Å². The minimum absolute atomic E-state index is 0.316. The summed E-state index contributed by atoms with van der Waals surface area (Å²) in [6, 6.07) is 0. The molecule has 1 unspecified atom stereocenters. The van der Waals surface area contributed by atoms with E-state index in [1.54, 1.807) is 0 Å². The van der Waals surface area contributed by atoms with Crippen LogP contribution in [-0.2, 0) is 9.78 Å². The summed E-state index contributed by atoms with van der Waals surface area (Å²) < 4.78 is 0. The van der Waals surface area contributed by atoms with Crippen LogP contribution in [0.15, 0.2) is 0 Å². The molecule has 2 nitrogen and oxygen atoms in total. The van der Waals surface area contributed by atoms with Crippen molar-refractivity contribution in [3.63, 3.8) is 0 Å². The molecule has 1 atom stereocenters. The Morgan fingerprint density at radius 1 is 0.857 bits per heavy atom. The number of unbranched alkanes of at least 4 members (excludes halogenated alkanes) is 2. The molecule has 2 heteroatoms. The van der Waals surface area contributed by atoms with Crippen molar-refractivity contribution in [1.82, 2.24) is 0 Å². The van der Waals surface area contributed by atoms with E-state index < -0.39 is 0 Å². The van der Waals surface area contributed by atoms with Gasteiger partial charge in [0.05, 0.1) is 12.7 Å². The van der Waals surface area contributed by atoms with Crippen LogP contribution < -0.4 is 0 Å². The molecule has 0 bridgehead atoms. The first-order valence-corrected chi connectivity index (χ1v) is 6.13. The molecule has 0 aliphatic rings. The van der Waals surface area contributed by atoms with E-state index in [4.69, 9.17) is 9.78 Å². The highest BCUT2D eigenvalue weighted by molar-refractivity contribution is 4.54. The van der Waals surface area contributed by atoms with Crippen molar-refractivity contribution in [3.05, 3.63) is 0 Å². The van der Waals surface area contributed by atoms with E-state index in [0.717, 1.165) is 32.3 Å². The molecule has 0 aromatic carbocycles. The molecular formula is C12H26O2. The molecule has 0 aliphatic carbocycles. The zero-order valence-electron chi connectivity index (χ0n) is 10.1. The standard InChI is InChI=1S/C12H26O2/c1-4-7-10-12(9-6-3)14-13-11-8-5-2/h12H,4-11H2,1-3H3. The van der Waals surface area contributed by atoms with Crippen molar-refractivity contribution in [2.75, 3.05) is 6.61 Å². The zero-order valence-corrected chi connectivity index (χ0v) is 10.1. The van der Waals surface area contributed by atoms with Gasteiger partial charge >= 0.3 is 0 Å². The first-order chi connectivity index (χ1) is 6.85. The van der Waals surface area contributed by atoms with E-state index in [1.165, 1.54) is 19.3 Å². The van der Waals surface area contributed by atoms with Gasteiger partial charge in [-0.15, -0.1) is 0 Å². The van der Waals surface area contributed by atoms with Crippen LogP contribution in [0.3, 0.4) is 0 Å². The fourth-order valence-corrected chi connectivity index (χ4v) is 1.34. The summed E-state index contributed by atoms with van der Waals surface area (Å²) in [6.07, 6.45) is 8.47. The second-order valence-electron chi connectivity index (χ2n) is 3.82. The summed E-state index contributed by atoms with van der Waals surface area (Å²) in [6.45, 7) is 7.29. The van der Waals surface area contributed by atoms with Crippen molar-refractivity contribution in [3.8, 4) is 0 Å². The molecule has 0 aromatic rings. The lowest BCUT2D eigenvalue weighted by Crippen LogP contribution is -2.13. The van der Waals surface area contributed by atoms with Crippen molar-refractivity contribution < 1.29 is 9.78 Å². The molecule has 0 rings (SSSR count). The molecule has 0 saturated heterocycles. The maximum Gasteiger partial charge on any atom is 0.0929 e. The van der Waals surface area contributed by atoms with Gasteiger partial charge < -0.3 is 0 Å². The van der Waals surface area contributed by atoms with Gasteiger partial charge in [-0.1, -0.05) is 46.5 Å². The van der Waals surface area contributed by atoms with Gasteiger partial charge in [0.1, 0.15) is 0 Å². The van der Waals surface area contributed by atoms with E-state index in [9.17, 15) is 0 Å². The first kappa shape index (κ1) is 13.9. The Hall–Kier alpha value is -0.0800. The Morgan fingerprint density at radius 2 is 1.57 bits per heavy atom.